The second kappa shape index (κ2) is 29.9. The van der Waals surface area contributed by atoms with E-state index in [0.717, 1.165) is 55.4 Å². The Kier molecular flexibility index (Phi) is 25.2. The number of carbonyl (C=O) groups excluding carboxylic acids is 5. The zero-order valence-corrected chi connectivity index (χ0v) is 44.5. The fraction of sp³-hybridized carbons (Fsp3) is 0.737. The minimum Gasteiger partial charge on any atom is -0.459 e. The third-order valence-electron chi connectivity index (χ3n) is 15.5. The standard InChI is InChI=1S/C57H88N2O13/c1-10-11-12-13-14-20-29-70-47-27-25-42(33-50(47)69-9)32-44(58)49-35-46(60)38(4)31-40(6)52(62)53(63)51(61)39(5)30-36(2)21-16-15-17-22-37(3)48(68-8)34-43-26-24-41(7)57(67,72-43)54(64)55(65)59-28-19-18-23-45(59)56(66)71-49/h1,15-17,21-22,31,36,38-39,41-45,47-50,52-53,62-63,67H,11-14,18-20,23-30,32-35,58H2,2-9H3/b17-15+,21-16+,37-22+,40-31+/t36-,38-,39-,41-,42+,43+,44-,45+,47-,48+,49+,50-,52-,53+,57-/m1/s1. The van der Waals surface area contributed by atoms with Crippen LogP contribution in [0, 0.1) is 41.9 Å². The number of allylic oxidation sites excluding steroid dienone is 6. The number of terminal acetylenes is 1. The number of ketones is 3. The van der Waals surface area contributed by atoms with E-state index in [2.05, 4.69) is 5.92 Å². The van der Waals surface area contributed by atoms with Crippen molar-refractivity contribution in [3.8, 4) is 12.3 Å². The monoisotopic (exact) mass is 1010 g/mol. The van der Waals surface area contributed by atoms with Gasteiger partial charge < -0.3 is 49.6 Å². The molecular weight excluding hydrogens is 921 g/mol. The van der Waals surface area contributed by atoms with Crippen LogP contribution in [0.4, 0.5) is 0 Å². The summed E-state index contributed by atoms with van der Waals surface area (Å²) in [4.78, 5) is 71.8. The highest BCUT2D eigenvalue weighted by atomic mass is 16.6. The van der Waals surface area contributed by atoms with Crippen molar-refractivity contribution in [1.82, 2.24) is 4.90 Å². The summed E-state index contributed by atoms with van der Waals surface area (Å²) < 4.78 is 30.4. The molecule has 0 spiro atoms. The van der Waals surface area contributed by atoms with Crippen LogP contribution in [0.25, 0.3) is 0 Å². The predicted octanol–water partition coefficient (Wildman–Crippen LogP) is 6.83. The first-order chi connectivity index (χ1) is 34.2. The van der Waals surface area contributed by atoms with Crippen LogP contribution in [0.15, 0.2) is 47.6 Å². The Labute approximate surface area is 429 Å². The molecule has 0 radical (unpaired) electrons. The van der Waals surface area contributed by atoms with E-state index in [9.17, 15) is 39.3 Å². The molecule has 1 aliphatic carbocycles. The summed E-state index contributed by atoms with van der Waals surface area (Å²) in [5.74, 6) is -5.90. The van der Waals surface area contributed by atoms with Gasteiger partial charge in [0.25, 0.3) is 11.7 Å². The van der Waals surface area contributed by atoms with Crippen LogP contribution in [-0.4, -0.2) is 137 Å². The normalized spacial score (nSPS) is 37.5. The number of rotatable bonds is 12. The number of ether oxygens (including phenoxy) is 5. The fourth-order valence-electron chi connectivity index (χ4n) is 10.8. The maximum absolute atomic E-state index is 14.5. The molecule has 404 valence electrons. The van der Waals surface area contributed by atoms with E-state index >= 15 is 0 Å². The van der Waals surface area contributed by atoms with Gasteiger partial charge >= 0.3 is 5.97 Å². The minimum atomic E-state index is -2.46. The van der Waals surface area contributed by atoms with E-state index in [4.69, 9.17) is 35.8 Å². The van der Waals surface area contributed by atoms with E-state index in [-0.39, 0.29) is 54.8 Å². The summed E-state index contributed by atoms with van der Waals surface area (Å²) in [5, 5.41) is 34.3. The first-order valence-electron chi connectivity index (χ1n) is 26.7. The number of piperidine rings is 1. The molecule has 1 saturated carbocycles. The van der Waals surface area contributed by atoms with Crippen LogP contribution in [0.5, 0.6) is 0 Å². The SMILES string of the molecule is C#CCCCCCCO[C@@H]1CC[C@@H](C[C@@H](N)[C@@H]2CC(=O)[C@H](C)/C=C(\C)[C@@H](O)[C@@H](O)C(=O)[C@H](C)C[C@H](C)/C=C/C=C/C=C(\C)[C@@H](OC)C[C@@H]3CC[C@@H](C)[C@@](O)(O3)C(=O)C(=O)N3CCCC[C@H]3C(=O)O2)C[C@H]1OC. The number of hydrogen-bond donors (Lipinski definition) is 4. The Morgan fingerprint density at radius 1 is 0.861 bits per heavy atom. The van der Waals surface area contributed by atoms with Crippen molar-refractivity contribution < 1.29 is 63.0 Å². The minimum absolute atomic E-state index is 0.0375. The number of carbonyl (C=O) groups is 5. The van der Waals surface area contributed by atoms with Crippen LogP contribution >= 0.6 is 0 Å². The smallest absolute Gasteiger partial charge is 0.329 e. The molecule has 72 heavy (non-hydrogen) atoms. The highest BCUT2D eigenvalue weighted by molar-refractivity contribution is 6.39. The maximum Gasteiger partial charge on any atom is 0.329 e. The van der Waals surface area contributed by atoms with E-state index in [1.54, 1.807) is 41.9 Å². The number of hydrogen-bond acceptors (Lipinski definition) is 14. The van der Waals surface area contributed by atoms with E-state index in [0.29, 0.717) is 58.0 Å². The molecular formula is C57H88N2O13. The van der Waals surface area contributed by atoms with Gasteiger partial charge in [-0.05, 0) is 114 Å². The van der Waals surface area contributed by atoms with Crippen molar-refractivity contribution in [2.45, 2.75) is 211 Å². The van der Waals surface area contributed by atoms with Crippen molar-refractivity contribution in [3.05, 3.63) is 47.6 Å². The molecule has 15 heteroatoms. The number of aliphatic hydroxyl groups is 3. The van der Waals surface area contributed by atoms with Gasteiger partial charge in [0.1, 0.15) is 30.1 Å². The van der Waals surface area contributed by atoms with Crippen molar-refractivity contribution in [2.24, 2.45) is 35.3 Å². The van der Waals surface area contributed by atoms with Crippen LogP contribution in [0.1, 0.15) is 151 Å². The number of esters is 1. The summed E-state index contributed by atoms with van der Waals surface area (Å²) in [6, 6.07) is -2.04. The van der Waals surface area contributed by atoms with E-state index in [1.165, 1.54) is 6.08 Å². The van der Waals surface area contributed by atoms with Gasteiger partial charge in [-0.15, -0.1) is 12.3 Å². The number of nitrogens with zero attached hydrogens (tertiary/aromatic N) is 1. The van der Waals surface area contributed by atoms with Crippen molar-refractivity contribution in [2.75, 3.05) is 27.4 Å². The molecule has 4 aliphatic rings. The number of methoxy groups -OCH3 is 2. The largest absolute Gasteiger partial charge is 0.459 e. The average molecular weight is 1010 g/mol. The van der Waals surface area contributed by atoms with Crippen molar-refractivity contribution in [3.63, 3.8) is 0 Å². The number of amides is 1. The zero-order valence-electron chi connectivity index (χ0n) is 44.5. The van der Waals surface area contributed by atoms with Gasteiger partial charge in [-0.3, -0.25) is 19.2 Å². The number of cyclic esters (lactones) is 1. The van der Waals surface area contributed by atoms with Gasteiger partial charge in [0, 0.05) is 70.4 Å². The van der Waals surface area contributed by atoms with E-state index in [1.807, 2.05) is 44.2 Å². The molecule has 2 bridgehead atoms. The number of aliphatic hydroxyl groups excluding tert-OH is 2. The molecule has 3 aliphatic heterocycles. The maximum atomic E-state index is 14.5. The third-order valence-corrected chi connectivity index (χ3v) is 15.5. The Hall–Kier alpha value is -3.85. The molecule has 0 aromatic rings. The van der Waals surface area contributed by atoms with Gasteiger partial charge in [0.05, 0.1) is 24.4 Å². The Morgan fingerprint density at radius 3 is 2.31 bits per heavy atom. The van der Waals surface area contributed by atoms with Gasteiger partial charge in [-0.25, -0.2) is 4.79 Å². The molecule has 0 aromatic carbocycles. The number of Topliss-reactive ketones (excluding diaryl/α,β-unsaturated/α-hetero) is 3. The van der Waals surface area contributed by atoms with Crippen LogP contribution in [0.2, 0.25) is 0 Å². The van der Waals surface area contributed by atoms with Crippen molar-refractivity contribution in [1.29, 1.82) is 0 Å². The summed E-state index contributed by atoms with van der Waals surface area (Å²) in [6.45, 7) is 11.1. The van der Waals surface area contributed by atoms with Crippen LogP contribution < -0.4 is 5.73 Å². The Balaban J connectivity index is 1.63. The lowest BCUT2D eigenvalue weighted by Crippen LogP contribution is -2.61. The number of unbranched alkanes of at least 4 members (excludes halogenated alkanes) is 4. The lowest BCUT2D eigenvalue weighted by molar-refractivity contribution is -0.265. The second-order valence-electron chi connectivity index (χ2n) is 21.3. The molecule has 15 atom stereocenters. The first-order valence-corrected chi connectivity index (χ1v) is 26.7. The lowest BCUT2D eigenvalue weighted by Gasteiger charge is -2.42. The molecule has 1 amide bonds. The third kappa shape index (κ3) is 17.4. The second-order valence-corrected chi connectivity index (χ2v) is 21.3. The molecule has 15 nitrogen and oxygen atoms in total. The summed E-state index contributed by atoms with van der Waals surface area (Å²) >= 11 is 0. The van der Waals surface area contributed by atoms with Gasteiger partial charge in [-0.1, -0.05) is 77.0 Å². The number of fused-ring (bicyclic) bond motifs is 3. The predicted molar refractivity (Wildman–Crippen MR) is 275 cm³/mol. The van der Waals surface area contributed by atoms with Gasteiger partial charge in [0.2, 0.25) is 5.79 Å². The molecule has 3 heterocycles. The molecule has 2 saturated heterocycles. The summed E-state index contributed by atoms with van der Waals surface area (Å²) in [7, 11) is 3.22. The van der Waals surface area contributed by atoms with Crippen LogP contribution in [-0.2, 0) is 47.7 Å². The van der Waals surface area contributed by atoms with E-state index < -0.39 is 89.6 Å². The first kappa shape index (κ1) is 60.7. The summed E-state index contributed by atoms with van der Waals surface area (Å²) in [6.07, 6.45) is 20.3. The quantitative estimate of drug-likeness (QED) is 0.0518. The number of nitrogens with two attached hydrogens (primary N) is 1. The fourth-order valence-corrected chi connectivity index (χ4v) is 10.8. The molecule has 0 unspecified atom stereocenters. The molecule has 0 aromatic heterocycles. The highest BCUT2D eigenvalue weighted by Gasteiger charge is 2.53. The molecule has 3 fully saturated rings. The Morgan fingerprint density at radius 2 is 1.60 bits per heavy atom. The van der Waals surface area contributed by atoms with Crippen molar-refractivity contribution >= 4 is 29.2 Å². The Bertz CT molecular complexity index is 1960. The topological polar surface area (TPSA) is 221 Å². The van der Waals surface area contributed by atoms with Gasteiger partial charge in [-0.2, -0.15) is 0 Å². The zero-order chi connectivity index (χ0) is 53.1. The van der Waals surface area contributed by atoms with Crippen LogP contribution in [0.3, 0.4) is 0 Å². The highest BCUT2D eigenvalue weighted by Crippen LogP contribution is 2.37. The van der Waals surface area contributed by atoms with Gasteiger partial charge in [0.15, 0.2) is 5.78 Å². The molecule has 4 rings (SSSR count). The lowest BCUT2D eigenvalue weighted by atomic mass is 9.80. The average Bonchev–Trinajstić information content (AvgIpc) is 3.36. The summed E-state index contributed by atoms with van der Waals surface area (Å²) in [5.41, 5.74) is 8.05. The molecule has 5 N–H and O–H groups in total.